The van der Waals surface area contributed by atoms with Crippen LogP contribution in [0.3, 0.4) is 0 Å². The Hall–Kier alpha value is -3.23. The first-order chi connectivity index (χ1) is 16.6. The van der Waals surface area contributed by atoms with Crippen molar-refractivity contribution in [2.45, 2.75) is 70.9 Å². The van der Waals surface area contributed by atoms with Crippen LogP contribution in [0.4, 0.5) is 0 Å². The molecule has 1 aliphatic carbocycles. The van der Waals surface area contributed by atoms with Gasteiger partial charge in [-0.3, -0.25) is 14.3 Å². The Morgan fingerprint density at radius 2 is 2.00 bits per heavy atom. The molecule has 3 aromatic heterocycles. The van der Waals surface area contributed by atoms with E-state index in [0.29, 0.717) is 24.6 Å². The Labute approximate surface area is 199 Å². The molecule has 9 nitrogen and oxygen atoms in total. The molecule has 2 unspecified atom stereocenters. The van der Waals surface area contributed by atoms with E-state index in [9.17, 15) is 9.59 Å². The molecular formula is C25H33N7O2. The van der Waals surface area contributed by atoms with Crippen molar-refractivity contribution in [2.24, 2.45) is 11.8 Å². The second-order valence-electron chi connectivity index (χ2n) is 9.51. The molecule has 1 aliphatic heterocycles. The third-order valence-electron chi connectivity index (χ3n) is 7.24. The summed E-state index contributed by atoms with van der Waals surface area (Å²) in [6, 6.07) is 5.49. The van der Waals surface area contributed by atoms with Crippen LogP contribution in [0, 0.1) is 11.8 Å². The fourth-order valence-electron chi connectivity index (χ4n) is 5.36. The molecule has 1 saturated heterocycles. The highest BCUT2D eigenvalue weighted by atomic mass is 16.2. The van der Waals surface area contributed by atoms with Crippen molar-refractivity contribution in [3.63, 3.8) is 0 Å². The SMILES string of the molecule is CCn1nccc1C(=O)NC(c1cn2nc(CC3CCNC3=O)ccc2n1)C1CCCCCC1. The average molecular weight is 464 g/mol. The van der Waals surface area contributed by atoms with Crippen molar-refractivity contribution in [3.8, 4) is 0 Å². The van der Waals surface area contributed by atoms with E-state index in [1.54, 1.807) is 21.5 Å². The van der Waals surface area contributed by atoms with E-state index < -0.39 is 0 Å². The topological polar surface area (TPSA) is 106 Å². The van der Waals surface area contributed by atoms with Gasteiger partial charge in [0.1, 0.15) is 5.69 Å². The van der Waals surface area contributed by atoms with Crippen molar-refractivity contribution >= 4 is 17.5 Å². The maximum Gasteiger partial charge on any atom is 0.270 e. The monoisotopic (exact) mass is 463 g/mol. The summed E-state index contributed by atoms with van der Waals surface area (Å²) < 4.78 is 3.51. The highest BCUT2D eigenvalue weighted by Crippen LogP contribution is 2.33. The van der Waals surface area contributed by atoms with Gasteiger partial charge in [-0.25, -0.2) is 9.50 Å². The lowest BCUT2D eigenvalue weighted by atomic mass is 9.90. The zero-order chi connectivity index (χ0) is 23.5. The quantitative estimate of drug-likeness (QED) is 0.524. The number of carbonyl (C=O) groups is 2. The Kier molecular flexibility index (Phi) is 6.60. The fourth-order valence-corrected chi connectivity index (χ4v) is 5.36. The standard InChI is InChI=1S/C25H33N7O2/c1-2-31-21(12-14-27-31)25(34)29-23(17-7-5-3-4-6-8-17)20-16-32-22(28-20)10-9-19(30-32)15-18-11-13-26-24(18)33/h9-10,12,14,16-18,23H,2-8,11,13,15H2,1H3,(H,26,33)(H,29,34). The highest BCUT2D eigenvalue weighted by Gasteiger charge is 2.30. The third-order valence-corrected chi connectivity index (χ3v) is 7.24. The molecule has 1 saturated carbocycles. The molecule has 2 atom stereocenters. The minimum Gasteiger partial charge on any atom is -0.356 e. The summed E-state index contributed by atoms with van der Waals surface area (Å²) in [5, 5.41) is 15.2. The second-order valence-corrected chi connectivity index (χ2v) is 9.51. The summed E-state index contributed by atoms with van der Waals surface area (Å²) in [4.78, 5) is 30.1. The molecule has 2 aliphatic rings. The summed E-state index contributed by atoms with van der Waals surface area (Å²) >= 11 is 0. The Morgan fingerprint density at radius 3 is 2.74 bits per heavy atom. The zero-order valence-electron chi connectivity index (χ0n) is 19.7. The van der Waals surface area contributed by atoms with Crippen LogP contribution in [0.5, 0.6) is 0 Å². The van der Waals surface area contributed by atoms with Crippen molar-refractivity contribution < 1.29 is 9.59 Å². The maximum atomic E-state index is 13.2. The van der Waals surface area contributed by atoms with Gasteiger partial charge in [0.25, 0.3) is 5.91 Å². The van der Waals surface area contributed by atoms with Crippen LogP contribution in [0.25, 0.3) is 5.65 Å². The van der Waals surface area contributed by atoms with Gasteiger partial charge in [-0.2, -0.15) is 10.2 Å². The number of rotatable bonds is 7. The molecule has 2 amide bonds. The summed E-state index contributed by atoms with van der Waals surface area (Å²) in [6.07, 6.45) is 12.0. The molecule has 180 valence electrons. The summed E-state index contributed by atoms with van der Waals surface area (Å²) in [5.74, 6) is 0.299. The van der Waals surface area contributed by atoms with E-state index >= 15 is 0 Å². The van der Waals surface area contributed by atoms with Gasteiger partial charge in [0.05, 0.1) is 23.6 Å². The first-order valence-corrected chi connectivity index (χ1v) is 12.6. The number of aromatic nitrogens is 5. The third kappa shape index (κ3) is 4.69. The largest absolute Gasteiger partial charge is 0.356 e. The molecular weight excluding hydrogens is 430 g/mol. The second kappa shape index (κ2) is 9.95. The van der Waals surface area contributed by atoms with Gasteiger partial charge in [0.15, 0.2) is 5.65 Å². The summed E-state index contributed by atoms with van der Waals surface area (Å²) in [7, 11) is 0. The van der Waals surface area contributed by atoms with Gasteiger partial charge < -0.3 is 10.6 Å². The summed E-state index contributed by atoms with van der Waals surface area (Å²) in [6.45, 7) is 3.36. The minimum atomic E-state index is -0.184. The number of nitrogens with one attached hydrogen (secondary N) is 2. The number of imidazole rings is 1. The molecule has 2 fully saturated rings. The van der Waals surface area contributed by atoms with Gasteiger partial charge in [-0.1, -0.05) is 25.7 Å². The molecule has 5 rings (SSSR count). The lowest BCUT2D eigenvalue weighted by molar-refractivity contribution is -0.122. The van der Waals surface area contributed by atoms with Crippen LogP contribution in [0.15, 0.2) is 30.6 Å². The average Bonchev–Trinajstić information content (AvgIpc) is 3.53. The van der Waals surface area contributed by atoms with Crippen LogP contribution < -0.4 is 10.6 Å². The van der Waals surface area contributed by atoms with Gasteiger partial charge >= 0.3 is 0 Å². The first kappa shape index (κ1) is 22.6. The Balaban J connectivity index is 1.42. The van der Waals surface area contributed by atoms with E-state index in [2.05, 4.69) is 15.7 Å². The van der Waals surface area contributed by atoms with Crippen molar-refractivity contribution in [1.82, 2.24) is 35.0 Å². The Morgan fingerprint density at radius 1 is 1.18 bits per heavy atom. The maximum absolute atomic E-state index is 13.2. The van der Waals surface area contributed by atoms with E-state index in [0.717, 1.165) is 42.8 Å². The molecule has 3 aromatic rings. The number of nitrogens with zero attached hydrogens (tertiary/aromatic N) is 5. The predicted molar refractivity (Wildman–Crippen MR) is 127 cm³/mol. The highest BCUT2D eigenvalue weighted by molar-refractivity contribution is 5.92. The molecule has 0 radical (unpaired) electrons. The van der Waals surface area contributed by atoms with Crippen molar-refractivity contribution in [1.29, 1.82) is 0 Å². The number of carbonyl (C=O) groups excluding carboxylic acids is 2. The number of amides is 2. The number of aryl methyl sites for hydroxylation is 1. The summed E-state index contributed by atoms with van der Waals surface area (Å²) in [5.41, 5.74) is 3.03. The normalized spacial score (nSPS) is 20.3. The Bertz CT molecular complexity index is 1160. The molecule has 0 bridgehead atoms. The van der Waals surface area contributed by atoms with Crippen LogP contribution in [-0.2, 0) is 17.8 Å². The van der Waals surface area contributed by atoms with E-state index in [1.807, 2.05) is 25.3 Å². The molecule has 9 heteroatoms. The number of fused-ring (bicyclic) bond motifs is 1. The molecule has 2 N–H and O–H groups in total. The first-order valence-electron chi connectivity index (χ1n) is 12.6. The number of hydrogen-bond acceptors (Lipinski definition) is 5. The fraction of sp³-hybridized carbons (Fsp3) is 0.560. The van der Waals surface area contributed by atoms with E-state index in [-0.39, 0.29) is 23.8 Å². The van der Waals surface area contributed by atoms with Crippen LogP contribution in [-0.4, -0.2) is 42.7 Å². The molecule has 4 heterocycles. The number of hydrogen-bond donors (Lipinski definition) is 2. The van der Waals surface area contributed by atoms with E-state index in [1.165, 1.54) is 25.7 Å². The zero-order valence-corrected chi connectivity index (χ0v) is 19.7. The van der Waals surface area contributed by atoms with Gasteiger partial charge in [0.2, 0.25) is 5.91 Å². The molecule has 34 heavy (non-hydrogen) atoms. The molecule has 0 spiro atoms. The van der Waals surface area contributed by atoms with Crippen molar-refractivity contribution in [2.75, 3.05) is 6.54 Å². The molecule has 0 aromatic carbocycles. The lowest BCUT2D eigenvalue weighted by Crippen LogP contribution is -2.35. The van der Waals surface area contributed by atoms with Gasteiger partial charge in [0, 0.05) is 31.6 Å². The predicted octanol–water partition coefficient (Wildman–Crippen LogP) is 3.07. The van der Waals surface area contributed by atoms with E-state index in [4.69, 9.17) is 10.1 Å². The van der Waals surface area contributed by atoms with Crippen LogP contribution >= 0.6 is 0 Å². The smallest absolute Gasteiger partial charge is 0.270 e. The van der Waals surface area contributed by atoms with Gasteiger partial charge in [-0.05, 0) is 50.3 Å². The van der Waals surface area contributed by atoms with Gasteiger partial charge in [-0.15, -0.1) is 0 Å². The van der Waals surface area contributed by atoms with Crippen LogP contribution in [0.2, 0.25) is 0 Å². The minimum absolute atomic E-state index is 0.0191. The van der Waals surface area contributed by atoms with Crippen molar-refractivity contribution in [3.05, 3.63) is 47.7 Å². The lowest BCUT2D eigenvalue weighted by Gasteiger charge is -2.26. The van der Waals surface area contributed by atoms with Crippen LogP contribution in [0.1, 0.15) is 79.8 Å².